The van der Waals surface area contributed by atoms with E-state index in [-0.39, 0.29) is 5.91 Å². The number of piperazine rings is 2. The number of likely N-dealkylation sites (N-methyl/N-ethyl adjacent to an activating group) is 1. The average molecular weight is 588 g/mol. The molecule has 12 heteroatoms. The van der Waals surface area contributed by atoms with E-state index in [1.807, 2.05) is 11.0 Å². The van der Waals surface area contributed by atoms with Gasteiger partial charge in [0, 0.05) is 74.6 Å². The number of thiophene rings is 1. The van der Waals surface area contributed by atoms with Gasteiger partial charge in [0.05, 0.1) is 11.0 Å². The standard InChI is InChI=1S/C30H37N9O2S/c1-4-25(40)39-15-13-37(14-16-39)20-17-22(33-24(18-20)38-11-9-36(5-2)10-12-38)28-34-29(41-35-28)30(3)8-6-7-23-26(30)21(19-31)27(32)42-23/h4,17-18H,1,5-16,32H2,2-3H3/t30-/m0/s1. The second kappa shape index (κ2) is 11.4. The SMILES string of the molecule is C=CC(=O)N1CCN(c2cc(-c3noc([C@@]4(C)CCCc5sc(N)c(C#N)c54)n3)nc(N3CCN(CC)CC3)c2)CC1. The molecule has 2 saturated heterocycles. The number of aryl methyl sites for hydroxylation is 1. The highest BCUT2D eigenvalue weighted by molar-refractivity contribution is 7.16. The molecule has 1 amide bonds. The van der Waals surface area contributed by atoms with Crippen molar-refractivity contribution in [3.05, 3.63) is 46.7 Å². The first-order valence-corrected chi connectivity index (χ1v) is 15.5. The Labute approximate surface area is 250 Å². The third-order valence-electron chi connectivity index (χ3n) is 8.95. The number of hydrogen-bond donors (Lipinski definition) is 1. The quantitative estimate of drug-likeness (QED) is 0.429. The number of carbonyl (C=O) groups excluding carboxylic acids is 1. The Morgan fingerprint density at radius 3 is 2.60 bits per heavy atom. The highest BCUT2D eigenvalue weighted by Crippen LogP contribution is 2.48. The minimum atomic E-state index is -0.594. The zero-order chi connectivity index (χ0) is 29.4. The molecule has 0 spiro atoms. The molecule has 0 radical (unpaired) electrons. The van der Waals surface area contributed by atoms with Gasteiger partial charge in [0.1, 0.15) is 22.6 Å². The zero-order valence-corrected chi connectivity index (χ0v) is 25.1. The fourth-order valence-electron chi connectivity index (χ4n) is 6.43. The van der Waals surface area contributed by atoms with Gasteiger partial charge < -0.3 is 29.9 Å². The molecule has 42 heavy (non-hydrogen) atoms. The van der Waals surface area contributed by atoms with Gasteiger partial charge in [-0.05, 0) is 44.9 Å². The van der Waals surface area contributed by atoms with Gasteiger partial charge in [-0.1, -0.05) is 18.7 Å². The van der Waals surface area contributed by atoms with Crippen molar-refractivity contribution in [1.29, 1.82) is 5.26 Å². The van der Waals surface area contributed by atoms with E-state index in [0.29, 0.717) is 54.2 Å². The van der Waals surface area contributed by atoms with E-state index in [0.717, 1.165) is 73.9 Å². The van der Waals surface area contributed by atoms with Crippen LogP contribution < -0.4 is 15.5 Å². The third-order valence-corrected chi connectivity index (χ3v) is 10.0. The Hall–Kier alpha value is -3.95. The minimum absolute atomic E-state index is 0.0369. The number of rotatable bonds is 6. The van der Waals surface area contributed by atoms with Crippen molar-refractivity contribution in [2.45, 2.75) is 38.5 Å². The van der Waals surface area contributed by atoms with Crippen LogP contribution in [0, 0.1) is 11.3 Å². The van der Waals surface area contributed by atoms with Crippen LogP contribution in [0.25, 0.3) is 11.5 Å². The van der Waals surface area contributed by atoms with Crippen molar-refractivity contribution in [2.24, 2.45) is 0 Å². The van der Waals surface area contributed by atoms with E-state index in [9.17, 15) is 10.1 Å². The van der Waals surface area contributed by atoms with Crippen LogP contribution in [-0.2, 0) is 16.6 Å². The van der Waals surface area contributed by atoms with Gasteiger partial charge in [0.25, 0.3) is 0 Å². The lowest BCUT2D eigenvalue weighted by Crippen LogP contribution is -2.48. The van der Waals surface area contributed by atoms with Crippen LogP contribution in [0.1, 0.15) is 48.6 Å². The molecule has 2 fully saturated rings. The van der Waals surface area contributed by atoms with Crippen LogP contribution in [0.2, 0.25) is 0 Å². The van der Waals surface area contributed by atoms with E-state index in [1.165, 1.54) is 17.4 Å². The number of nitrogens with zero attached hydrogens (tertiary/aromatic N) is 8. The summed E-state index contributed by atoms with van der Waals surface area (Å²) in [5, 5.41) is 14.9. The Kier molecular flexibility index (Phi) is 7.64. The summed E-state index contributed by atoms with van der Waals surface area (Å²) in [6, 6.07) is 6.47. The first-order valence-electron chi connectivity index (χ1n) is 14.7. The van der Waals surface area contributed by atoms with Crippen LogP contribution in [-0.4, -0.2) is 89.7 Å². The lowest BCUT2D eigenvalue weighted by molar-refractivity contribution is -0.126. The second-order valence-corrected chi connectivity index (χ2v) is 12.5. The molecule has 0 unspecified atom stereocenters. The van der Waals surface area contributed by atoms with Crippen molar-refractivity contribution in [3.8, 4) is 17.6 Å². The molecule has 1 aliphatic carbocycles. The van der Waals surface area contributed by atoms with E-state index in [2.05, 4.69) is 52.4 Å². The maximum Gasteiger partial charge on any atom is 0.246 e. The minimum Gasteiger partial charge on any atom is -0.389 e. The zero-order valence-electron chi connectivity index (χ0n) is 24.3. The molecule has 6 rings (SSSR count). The van der Waals surface area contributed by atoms with Gasteiger partial charge in [0.15, 0.2) is 0 Å². The van der Waals surface area contributed by atoms with Crippen LogP contribution in [0.4, 0.5) is 16.5 Å². The molecule has 2 aliphatic heterocycles. The highest BCUT2D eigenvalue weighted by atomic mass is 32.1. The molecule has 5 heterocycles. The number of hydrogen-bond acceptors (Lipinski definition) is 11. The summed E-state index contributed by atoms with van der Waals surface area (Å²) < 4.78 is 5.95. The maximum absolute atomic E-state index is 12.2. The Bertz CT molecular complexity index is 1530. The molecule has 0 bridgehead atoms. The molecule has 0 aromatic carbocycles. The van der Waals surface area contributed by atoms with Gasteiger partial charge >= 0.3 is 0 Å². The highest BCUT2D eigenvalue weighted by Gasteiger charge is 2.43. The van der Waals surface area contributed by atoms with Crippen molar-refractivity contribution in [3.63, 3.8) is 0 Å². The topological polar surface area (TPSA) is 132 Å². The smallest absolute Gasteiger partial charge is 0.246 e. The van der Waals surface area contributed by atoms with E-state index < -0.39 is 5.41 Å². The molecular weight excluding hydrogens is 550 g/mol. The van der Waals surface area contributed by atoms with Crippen LogP contribution in [0.15, 0.2) is 29.3 Å². The summed E-state index contributed by atoms with van der Waals surface area (Å²) in [5.41, 5.74) is 8.76. The van der Waals surface area contributed by atoms with Gasteiger partial charge in [-0.3, -0.25) is 4.79 Å². The number of amides is 1. The lowest BCUT2D eigenvalue weighted by Gasteiger charge is -2.37. The van der Waals surface area contributed by atoms with Crippen LogP contribution in [0.5, 0.6) is 0 Å². The summed E-state index contributed by atoms with van der Waals surface area (Å²) in [7, 11) is 0. The van der Waals surface area contributed by atoms with Crippen molar-refractivity contribution >= 4 is 33.8 Å². The summed E-state index contributed by atoms with van der Waals surface area (Å²) in [4.78, 5) is 32.1. The summed E-state index contributed by atoms with van der Waals surface area (Å²) in [6.45, 7) is 15.4. The fourth-order valence-corrected chi connectivity index (χ4v) is 7.62. The summed E-state index contributed by atoms with van der Waals surface area (Å²) in [5.74, 6) is 1.76. The van der Waals surface area contributed by atoms with Gasteiger partial charge in [-0.15, -0.1) is 11.3 Å². The van der Waals surface area contributed by atoms with Crippen LogP contribution >= 0.6 is 11.3 Å². The average Bonchev–Trinajstić information content (AvgIpc) is 3.66. The molecule has 220 valence electrons. The predicted octanol–water partition coefficient (Wildman–Crippen LogP) is 3.27. The first-order chi connectivity index (χ1) is 20.3. The fraction of sp³-hybridized carbons (Fsp3) is 0.500. The van der Waals surface area contributed by atoms with Crippen molar-refractivity contribution in [2.75, 3.05) is 74.4 Å². The maximum atomic E-state index is 12.2. The molecule has 3 aliphatic rings. The predicted molar refractivity (Wildman–Crippen MR) is 164 cm³/mol. The van der Waals surface area contributed by atoms with Crippen molar-refractivity contribution < 1.29 is 9.32 Å². The molecule has 11 nitrogen and oxygen atoms in total. The lowest BCUT2D eigenvalue weighted by atomic mass is 9.72. The number of nitrogens with two attached hydrogens (primary N) is 1. The Morgan fingerprint density at radius 2 is 1.90 bits per heavy atom. The number of pyridine rings is 1. The van der Waals surface area contributed by atoms with Crippen molar-refractivity contribution in [1.82, 2.24) is 24.9 Å². The first kappa shape index (κ1) is 28.2. The largest absolute Gasteiger partial charge is 0.389 e. The number of nitrogen functional groups attached to an aromatic ring is 1. The number of anilines is 3. The monoisotopic (exact) mass is 587 g/mol. The molecule has 3 aromatic heterocycles. The Balaban J connectivity index is 1.35. The second-order valence-electron chi connectivity index (χ2n) is 11.4. The number of carbonyl (C=O) groups is 1. The molecule has 3 aromatic rings. The Morgan fingerprint density at radius 1 is 1.17 bits per heavy atom. The van der Waals surface area contributed by atoms with Gasteiger partial charge in [-0.2, -0.15) is 10.2 Å². The molecule has 0 saturated carbocycles. The molecular formula is C30H37N9O2S. The molecule has 1 atom stereocenters. The van der Waals surface area contributed by atoms with E-state index in [4.69, 9.17) is 20.2 Å². The molecule has 2 N–H and O–H groups in total. The van der Waals surface area contributed by atoms with E-state index in [1.54, 1.807) is 0 Å². The van der Waals surface area contributed by atoms with Gasteiger partial charge in [0.2, 0.25) is 17.6 Å². The third kappa shape index (κ3) is 5.01. The van der Waals surface area contributed by atoms with Gasteiger partial charge in [-0.25, -0.2) is 4.98 Å². The number of nitriles is 1. The summed E-state index contributed by atoms with van der Waals surface area (Å²) in [6.07, 6.45) is 4.02. The number of aromatic nitrogens is 3. The van der Waals surface area contributed by atoms with E-state index >= 15 is 0 Å². The van der Waals surface area contributed by atoms with Crippen LogP contribution in [0.3, 0.4) is 0 Å². The number of fused-ring (bicyclic) bond motifs is 1. The summed E-state index contributed by atoms with van der Waals surface area (Å²) >= 11 is 1.49. The normalized spacial score (nSPS) is 21.2.